The number of aryl methyl sites for hydroxylation is 2. The van der Waals surface area contributed by atoms with Gasteiger partial charge in [0, 0.05) is 37.9 Å². The first-order chi connectivity index (χ1) is 8.92. The number of morpholine rings is 1. The average molecular weight is 267 g/mol. The molecule has 0 N–H and O–H groups in total. The second-order valence-corrected chi connectivity index (χ2v) is 4.96. The molecule has 3 rings (SSSR count). The second kappa shape index (κ2) is 6.91. The summed E-state index contributed by atoms with van der Waals surface area (Å²) in [6, 6.07) is 2.10. The molecular weight excluding hydrogens is 242 g/mol. The molecule has 108 valence electrons. The summed E-state index contributed by atoms with van der Waals surface area (Å²) in [5.41, 5.74) is 1.32. The lowest BCUT2D eigenvalue weighted by atomic mass is 10.1. The highest BCUT2D eigenvalue weighted by molar-refractivity contribution is 5.16. The molecule has 2 aliphatic heterocycles. The number of hydrogen-bond donors (Lipinski definition) is 0. The summed E-state index contributed by atoms with van der Waals surface area (Å²) < 4.78 is 13.2. The molecule has 5 heteroatoms. The zero-order valence-electron chi connectivity index (χ0n) is 10.8. The maximum Gasteiger partial charge on any atom is 0.233 e. The van der Waals surface area contributed by atoms with Gasteiger partial charge in [-0.25, -0.2) is 0 Å². The molecule has 0 radical (unpaired) electrons. The van der Waals surface area contributed by atoms with E-state index in [1.807, 2.05) is 0 Å². The maximum absolute atomic E-state index is 5.75. The van der Waals surface area contributed by atoms with Crippen LogP contribution in [0.5, 0.6) is 5.88 Å². The Balaban J connectivity index is 0.00000133. The fourth-order valence-electron chi connectivity index (χ4n) is 2.57. The molecule has 0 unspecified atom stereocenters. The van der Waals surface area contributed by atoms with Gasteiger partial charge in [-0.15, -0.1) is 5.10 Å². The molecule has 0 aromatic carbocycles. The predicted octanol–water partition coefficient (Wildman–Crippen LogP) is 1.57. The fraction of sp³-hybridized carbons (Fsp3) is 0.786. The van der Waals surface area contributed by atoms with Crippen molar-refractivity contribution in [2.75, 3.05) is 39.5 Å². The molecule has 0 bridgehead atoms. The van der Waals surface area contributed by atoms with E-state index in [4.69, 9.17) is 9.47 Å². The minimum atomic E-state index is 0. The van der Waals surface area contributed by atoms with Crippen LogP contribution in [0.25, 0.3) is 0 Å². The Morgan fingerprint density at radius 2 is 2.05 bits per heavy atom. The molecule has 1 aromatic heterocycles. The van der Waals surface area contributed by atoms with Crippen LogP contribution in [-0.2, 0) is 17.7 Å². The van der Waals surface area contributed by atoms with Gasteiger partial charge in [0.05, 0.1) is 13.2 Å². The van der Waals surface area contributed by atoms with Gasteiger partial charge in [0.15, 0.2) is 0 Å². The minimum Gasteiger partial charge on any atom is -0.475 e. The van der Waals surface area contributed by atoms with Crippen LogP contribution in [-0.4, -0.2) is 54.1 Å². The number of rotatable bonds is 4. The molecule has 1 saturated heterocycles. The standard InChI is InChI=1S/C13H21N3O2.CH4/c1-2-4-16-12(3-1)11-13(14-16)18-10-7-15-5-8-17-9-6-15;/h11H,1-10H2;1H4. The Hall–Kier alpha value is -1.07. The third kappa shape index (κ3) is 3.70. The van der Waals surface area contributed by atoms with Gasteiger partial charge in [-0.05, 0) is 19.3 Å². The fourth-order valence-corrected chi connectivity index (χ4v) is 2.57. The molecule has 0 spiro atoms. The van der Waals surface area contributed by atoms with Crippen LogP contribution in [0.2, 0.25) is 0 Å². The smallest absolute Gasteiger partial charge is 0.233 e. The van der Waals surface area contributed by atoms with Gasteiger partial charge in [0.1, 0.15) is 6.61 Å². The summed E-state index contributed by atoms with van der Waals surface area (Å²) >= 11 is 0. The molecule has 3 heterocycles. The number of nitrogens with zero attached hydrogens (tertiary/aromatic N) is 3. The number of aromatic nitrogens is 2. The summed E-state index contributed by atoms with van der Waals surface area (Å²) in [6.07, 6.45) is 3.65. The van der Waals surface area contributed by atoms with Gasteiger partial charge in [-0.2, -0.15) is 0 Å². The molecule has 1 fully saturated rings. The SMILES string of the molecule is C.c1c(OCCN2CCOCC2)nn2c1CCCC2. The van der Waals surface area contributed by atoms with E-state index in [1.165, 1.54) is 18.5 Å². The van der Waals surface area contributed by atoms with E-state index in [9.17, 15) is 0 Å². The number of hydrogen-bond acceptors (Lipinski definition) is 4. The third-order valence-electron chi connectivity index (χ3n) is 3.65. The molecule has 19 heavy (non-hydrogen) atoms. The van der Waals surface area contributed by atoms with Crippen molar-refractivity contribution in [3.8, 4) is 5.88 Å². The van der Waals surface area contributed by atoms with Crippen LogP contribution in [0.1, 0.15) is 26.0 Å². The lowest BCUT2D eigenvalue weighted by Crippen LogP contribution is -2.38. The van der Waals surface area contributed by atoms with E-state index in [-0.39, 0.29) is 7.43 Å². The largest absolute Gasteiger partial charge is 0.475 e. The summed E-state index contributed by atoms with van der Waals surface area (Å²) in [4.78, 5) is 2.37. The molecule has 5 nitrogen and oxygen atoms in total. The van der Waals surface area contributed by atoms with Crippen molar-refractivity contribution in [3.05, 3.63) is 11.8 Å². The minimum absolute atomic E-state index is 0. The quantitative estimate of drug-likeness (QED) is 0.830. The van der Waals surface area contributed by atoms with Crippen molar-refractivity contribution >= 4 is 0 Å². The van der Waals surface area contributed by atoms with Crippen LogP contribution in [0.3, 0.4) is 0 Å². The molecular formula is C14H25N3O2. The zero-order valence-corrected chi connectivity index (χ0v) is 10.8. The first-order valence-electron chi connectivity index (χ1n) is 6.91. The second-order valence-electron chi connectivity index (χ2n) is 4.96. The highest BCUT2D eigenvalue weighted by Crippen LogP contribution is 2.19. The Labute approximate surface area is 115 Å². The lowest BCUT2D eigenvalue weighted by molar-refractivity contribution is 0.0319. The molecule has 2 aliphatic rings. The monoisotopic (exact) mass is 267 g/mol. The van der Waals surface area contributed by atoms with Gasteiger partial charge in [-0.1, -0.05) is 7.43 Å². The third-order valence-corrected chi connectivity index (χ3v) is 3.65. The van der Waals surface area contributed by atoms with E-state index < -0.39 is 0 Å². The first-order valence-corrected chi connectivity index (χ1v) is 6.91. The normalized spacial score (nSPS) is 19.6. The number of ether oxygens (including phenoxy) is 2. The predicted molar refractivity (Wildman–Crippen MR) is 74.7 cm³/mol. The van der Waals surface area contributed by atoms with Crippen molar-refractivity contribution in [3.63, 3.8) is 0 Å². The Bertz CT molecular complexity index is 363. The van der Waals surface area contributed by atoms with E-state index in [0.29, 0.717) is 0 Å². The topological polar surface area (TPSA) is 39.5 Å². The van der Waals surface area contributed by atoms with Gasteiger partial charge >= 0.3 is 0 Å². The van der Waals surface area contributed by atoms with Crippen molar-refractivity contribution in [2.24, 2.45) is 0 Å². The van der Waals surface area contributed by atoms with Crippen molar-refractivity contribution in [1.29, 1.82) is 0 Å². The highest BCUT2D eigenvalue weighted by Gasteiger charge is 2.13. The van der Waals surface area contributed by atoms with Crippen LogP contribution in [0.4, 0.5) is 0 Å². The van der Waals surface area contributed by atoms with Gasteiger partial charge in [0.25, 0.3) is 0 Å². The van der Waals surface area contributed by atoms with Crippen molar-refractivity contribution in [2.45, 2.75) is 33.2 Å². The van der Waals surface area contributed by atoms with E-state index in [2.05, 4.69) is 20.7 Å². The molecule has 0 saturated carbocycles. The molecule has 0 aliphatic carbocycles. The van der Waals surface area contributed by atoms with Crippen LogP contribution in [0.15, 0.2) is 6.07 Å². The van der Waals surface area contributed by atoms with Crippen LogP contribution in [0, 0.1) is 0 Å². The number of fused-ring (bicyclic) bond motifs is 1. The van der Waals surface area contributed by atoms with Crippen LogP contribution < -0.4 is 4.74 Å². The summed E-state index contributed by atoms with van der Waals surface area (Å²) in [6.45, 7) is 6.45. The molecule has 1 aromatic rings. The van der Waals surface area contributed by atoms with Crippen LogP contribution >= 0.6 is 0 Å². The van der Waals surface area contributed by atoms with Crippen molar-refractivity contribution < 1.29 is 9.47 Å². The summed E-state index contributed by atoms with van der Waals surface area (Å²) in [5.74, 6) is 0.792. The van der Waals surface area contributed by atoms with Crippen molar-refractivity contribution in [1.82, 2.24) is 14.7 Å². The lowest BCUT2D eigenvalue weighted by Gasteiger charge is -2.26. The highest BCUT2D eigenvalue weighted by atomic mass is 16.5. The van der Waals surface area contributed by atoms with Gasteiger partial charge in [-0.3, -0.25) is 9.58 Å². The van der Waals surface area contributed by atoms with E-state index in [0.717, 1.165) is 58.3 Å². The Morgan fingerprint density at radius 1 is 1.21 bits per heavy atom. The van der Waals surface area contributed by atoms with E-state index in [1.54, 1.807) is 0 Å². The molecule has 0 atom stereocenters. The van der Waals surface area contributed by atoms with Gasteiger partial charge in [0.2, 0.25) is 5.88 Å². The summed E-state index contributed by atoms with van der Waals surface area (Å²) in [7, 11) is 0. The van der Waals surface area contributed by atoms with E-state index >= 15 is 0 Å². The molecule has 0 amide bonds. The maximum atomic E-state index is 5.75. The first kappa shape index (κ1) is 14.3. The van der Waals surface area contributed by atoms with Gasteiger partial charge < -0.3 is 9.47 Å². The zero-order chi connectivity index (χ0) is 12.2. The average Bonchev–Trinajstić information content (AvgIpc) is 2.82. The Kier molecular flexibility index (Phi) is 5.22. The Morgan fingerprint density at radius 3 is 2.84 bits per heavy atom. The summed E-state index contributed by atoms with van der Waals surface area (Å²) in [5, 5.41) is 4.48.